The van der Waals surface area contributed by atoms with Crippen LogP contribution in [0.1, 0.15) is 0 Å². The van der Waals surface area contributed by atoms with Gasteiger partial charge in [-0.1, -0.05) is 31.9 Å². The lowest BCUT2D eigenvalue weighted by molar-refractivity contribution is 0.321. The van der Waals surface area contributed by atoms with Gasteiger partial charge in [-0.05, 0) is 79.6 Å². The average molecular weight is 688 g/mol. The van der Waals surface area contributed by atoms with Crippen LogP contribution in [-0.2, 0) is 0 Å². The maximum atomic E-state index is 5.79. The van der Waals surface area contributed by atoms with E-state index in [2.05, 4.69) is 112 Å². The molecule has 0 bridgehead atoms. The van der Waals surface area contributed by atoms with Gasteiger partial charge in [0.1, 0.15) is 12.4 Å². The summed E-state index contributed by atoms with van der Waals surface area (Å²) in [5, 5.41) is 0.834. The molecule has 0 saturated carbocycles. The molecule has 1 aromatic carbocycles. The normalized spacial score (nSPS) is 12.6. The molecule has 0 aromatic heterocycles. The first kappa shape index (κ1) is 17.4. The zero-order chi connectivity index (χ0) is 13.2. The number of hydrogen-bond donors (Lipinski definition) is 0. The fourth-order valence-corrected chi connectivity index (χ4v) is 4.49. The molecule has 1 aromatic rings. The maximum absolute atomic E-state index is 5.79. The van der Waals surface area contributed by atoms with Crippen LogP contribution >= 0.6 is 112 Å². The van der Waals surface area contributed by atoms with Crippen molar-refractivity contribution in [3.63, 3.8) is 0 Å². The summed E-state index contributed by atoms with van der Waals surface area (Å²) in [4.78, 5) is 0.266. The van der Waals surface area contributed by atoms with E-state index in [0.717, 1.165) is 33.4 Å². The van der Waals surface area contributed by atoms with Crippen molar-refractivity contribution < 1.29 is 4.74 Å². The van der Waals surface area contributed by atoms with Gasteiger partial charge in [0.05, 0.1) is 22.7 Å². The number of rotatable bonds is 4. The lowest BCUT2D eigenvalue weighted by Gasteiger charge is -2.16. The standard InChI is InChI=1S/C9H5Br7O/c10-1-3(11)2-17-9-7(15)5(13)4(12)6(14)8(9)16/h3H,1-2H2. The Balaban J connectivity index is 3.07. The van der Waals surface area contributed by atoms with E-state index in [1.807, 2.05) is 0 Å². The van der Waals surface area contributed by atoms with Crippen LogP contribution in [0, 0.1) is 0 Å². The number of hydrogen-bond acceptors (Lipinski definition) is 1. The Bertz CT molecular complexity index is 391. The van der Waals surface area contributed by atoms with E-state index in [1.165, 1.54) is 0 Å². The Morgan fingerprint density at radius 1 is 0.824 bits per heavy atom. The van der Waals surface area contributed by atoms with Crippen LogP contribution < -0.4 is 4.74 Å². The van der Waals surface area contributed by atoms with Crippen LogP contribution in [0.3, 0.4) is 0 Å². The molecule has 0 aliphatic rings. The second-order valence-corrected chi connectivity index (χ2v) is 8.87. The lowest BCUT2D eigenvalue weighted by atomic mass is 10.3. The fourth-order valence-electron chi connectivity index (χ4n) is 0.930. The first-order chi connectivity index (χ1) is 7.90. The van der Waals surface area contributed by atoms with Crippen molar-refractivity contribution in [2.75, 3.05) is 11.9 Å². The molecule has 0 saturated heterocycles. The molecule has 1 nitrogen and oxygen atoms in total. The van der Waals surface area contributed by atoms with Crippen LogP contribution in [0.25, 0.3) is 0 Å². The third-order valence-electron chi connectivity index (χ3n) is 1.75. The Morgan fingerprint density at radius 3 is 1.65 bits per heavy atom. The molecule has 0 fully saturated rings. The molecule has 0 N–H and O–H groups in total. The summed E-state index contributed by atoms with van der Waals surface area (Å²) in [6.07, 6.45) is 0. The van der Waals surface area contributed by atoms with Gasteiger partial charge in [0.15, 0.2) is 0 Å². The SMILES string of the molecule is BrCC(Br)COc1c(Br)c(Br)c(Br)c(Br)c1Br. The first-order valence-corrected chi connectivity index (χ1v) is 10.2. The van der Waals surface area contributed by atoms with E-state index >= 15 is 0 Å². The van der Waals surface area contributed by atoms with E-state index in [-0.39, 0.29) is 4.83 Å². The van der Waals surface area contributed by atoms with Gasteiger partial charge < -0.3 is 4.74 Å². The second kappa shape index (κ2) is 7.98. The number of halogens is 7. The minimum Gasteiger partial charge on any atom is -0.490 e. The van der Waals surface area contributed by atoms with Gasteiger partial charge in [-0.15, -0.1) is 0 Å². The third-order valence-corrected chi connectivity index (χ3v) is 10.0. The molecule has 0 spiro atoms. The van der Waals surface area contributed by atoms with Gasteiger partial charge in [0.2, 0.25) is 0 Å². The molecule has 1 rings (SSSR count). The zero-order valence-electron chi connectivity index (χ0n) is 8.05. The van der Waals surface area contributed by atoms with Crippen molar-refractivity contribution in [2.24, 2.45) is 0 Å². The minimum absolute atomic E-state index is 0.266. The van der Waals surface area contributed by atoms with Crippen molar-refractivity contribution in [2.45, 2.75) is 4.83 Å². The van der Waals surface area contributed by atoms with E-state index in [4.69, 9.17) is 4.74 Å². The summed E-state index contributed by atoms with van der Waals surface area (Å²) in [5.41, 5.74) is 0. The molecule has 1 atom stereocenters. The molecule has 0 heterocycles. The summed E-state index contributed by atoms with van der Waals surface area (Å²) in [6, 6.07) is 0. The van der Waals surface area contributed by atoms with Crippen molar-refractivity contribution in [3.05, 3.63) is 22.4 Å². The number of alkyl halides is 2. The maximum Gasteiger partial charge on any atom is 0.150 e. The van der Waals surface area contributed by atoms with E-state index in [1.54, 1.807) is 0 Å². The molecule has 96 valence electrons. The van der Waals surface area contributed by atoms with Gasteiger partial charge in [0, 0.05) is 9.80 Å². The largest absolute Gasteiger partial charge is 0.490 e. The molecule has 8 heteroatoms. The van der Waals surface area contributed by atoms with Crippen LogP contribution in [0.15, 0.2) is 22.4 Å². The number of ether oxygens (including phenoxy) is 1. The molecule has 0 radical (unpaired) electrons. The predicted molar refractivity (Wildman–Crippen MR) is 96.9 cm³/mol. The summed E-state index contributed by atoms with van der Waals surface area (Å²) in [6.45, 7) is 0.572. The minimum atomic E-state index is 0.266. The molecule has 0 aliphatic heterocycles. The van der Waals surface area contributed by atoms with Crippen LogP contribution in [-0.4, -0.2) is 16.8 Å². The Labute approximate surface area is 159 Å². The molecular weight excluding hydrogens is 683 g/mol. The van der Waals surface area contributed by atoms with Gasteiger partial charge in [0.25, 0.3) is 0 Å². The average Bonchev–Trinajstić information content (AvgIpc) is 2.33. The highest BCUT2D eigenvalue weighted by Crippen LogP contribution is 2.48. The van der Waals surface area contributed by atoms with Crippen molar-refractivity contribution in [1.82, 2.24) is 0 Å². The molecular formula is C9H5Br7O. The smallest absolute Gasteiger partial charge is 0.150 e. The Morgan fingerprint density at radius 2 is 1.24 bits per heavy atom. The number of benzene rings is 1. The van der Waals surface area contributed by atoms with E-state index < -0.39 is 0 Å². The first-order valence-electron chi connectivity index (χ1n) is 4.24. The molecule has 0 aliphatic carbocycles. The quantitative estimate of drug-likeness (QED) is 0.188. The third kappa shape index (κ3) is 4.43. The molecule has 17 heavy (non-hydrogen) atoms. The predicted octanol–water partition coefficient (Wildman–Crippen LogP) is 7.04. The van der Waals surface area contributed by atoms with Crippen molar-refractivity contribution in [3.8, 4) is 5.75 Å². The van der Waals surface area contributed by atoms with E-state index in [9.17, 15) is 0 Å². The summed E-state index contributed by atoms with van der Waals surface area (Å²) in [5.74, 6) is 0.761. The van der Waals surface area contributed by atoms with E-state index in [0.29, 0.717) is 6.61 Å². The highest BCUT2D eigenvalue weighted by molar-refractivity contribution is 9.16. The molecule has 1 unspecified atom stereocenters. The van der Waals surface area contributed by atoms with Crippen LogP contribution in [0.2, 0.25) is 0 Å². The summed E-state index contributed by atoms with van der Waals surface area (Å²) < 4.78 is 10.3. The van der Waals surface area contributed by atoms with Crippen molar-refractivity contribution in [1.29, 1.82) is 0 Å². The van der Waals surface area contributed by atoms with Gasteiger partial charge in [-0.3, -0.25) is 0 Å². The van der Waals surface area contributed by atoms with Gasteiger partial charge >= 0.3 is 0 Å². The molecule has 0 amide bonds. The fraction of sp³-hybridized carbons (Fsp3) is 0.333. The zero-order valence-corrected chi connectivity index (χ0v) is 19.1. The van der Waals surface area contributed by atoms with Crippen molar-refractivity contribution >= 4 is 112 Å². The highest BCUT2D eigenvalue weighted by atomic mass is 79.9. The highest BCUT2D eigenvalue weighted by Gasteiger charge is 2.19. The summed E-state index contributed by atoms with van der Waals surface area (Å²) >= 11 is 24.4. The Kier molecular flexibility index (Phi) is 8.18. The monoisotopic (exact) mass is 681 g/mol. The second-order valence-electron chi connectivity index (χ2n) is 2.96. The van der Waals surface area contributed by atoms with Gasteiger partial charge in [-0.2, -0.15) is 0 Å². The van der Waals surface area contributed by atoms with Crippen LogP contribution in [0.4, 0.5) is 0 Å². The summed E-state index contributed by atoms with van der Waals surface area (Å²) in [7, 11) is 0. The van der Waals surface area contributed by atoms with Crippen LogP contribution in [0.5, 0.6) is 5.75 Å². The Hall–Kier alpha value is 2.38. The lowest BCUT2D eigenvalue weighted by Crippen LogP contribution is -2.13. The van der Waals surface area contributed by atoms with Gasteiger partial charge in [-0.25, -0.2) is 0 Å². The topological polar surface area (TPSA) is 9.23 Å².